The van der Waals surface area contributed by atoms with Crippen LogP contribution in [0, 0.1) is 0 Å². The lowest BCUT2D eigenvalue weighted by Gasteiger charge is -2.22. The summed E-state index contributed by atoms with van der Waals surface area (Å²) in [6.07, 6.45) is 3.52. The maximum atomic E-state index is 6.49. The predicted octanol–water partition coefficient (Wildman–Crippen LogP) is 6.99. The molecule has 0 saturated heterocycles. The Labute approximate surface area is 405 Å². The first-order valence-corrected chi connectivity index (χ1v) is 24.6. The second kappa shape index (κ2) is 30.0. The highest BCUT2D eigenvalue weighted by Crippen LogP contribution is 2.44. The van der Waals surface area contributed by atoms with E-state index >= 15 is 0 Å². The standard InChI is InChI=1S/C52H70N2O15/c1-3-7-39-41-35-47-48(65-30-24-59-18-16-57-14-12-55-11-13-56-15-17-58-23-29-64-47)36-42(41)40(8-4-2)44-38-50-49(37-43(39)44)66-31-25-60-19-21-62-27-33-68-51-52(54-46-10-6-5-9-45(46)53-51)69-34-28-63-22-20-61-26-32-67-50/h5-6,9-10,35-38H,3-4,7-8,11-34H2,1-2H3. The first-order chi connectivity index (χ1) is 34.2. The van der Waals surface area contributed by atoms with E-state index in [0.29, 0.717) is 191 Å². The molecule has 7 rings (SSSR count). The Hall–Kier alpha value is -4.82. The maximum absolute atomic E-state index is 6.49. The molecule has 1 aromatic heterocycles. The third kappa shape index (κ3) is 16.4. The van der Waals surface area contributed by atoms with Gasteiger partial charge in [0.05, 0.1) is 130 Å². The van der Waals surface area contributed by atoms with Gasteiger partial charge >= 0.3 is 0 Å². The van der Waals surface area contributed by atoms with Gasteiger partial charge in [-0.15, -0.1) is 0 Å². The zero-order valence-corrected chi connectivity index (χ0v) is 40.4. The van der Waals surface area contributed by atoms with Crippen molar-refractivity contribution in [1.29, 1.82) is 0 Å². The molecule has 0 atom stereocenters. The fraction of sp³-hybridized carbons (Fsp3) is 0.577. The van der Waals surface area contributed by atoms with Crippen LogP contribution in [0.4, 0.5) is 0 Å². The Balaban J connectivity index is 1.10. The molecular formula is C52H70N2O15. The van der Waals surface area contributed by atoms with Gasteiger partial charge in [-0.2, -0.15) is 0 Å². The van der Waals surface area contributed by atoms with E-state index in [1.54, 1.807) is 0 Å². The highest BCUT2D eigenvalue weighted by molar-refractivity contribution is 6.08. The number of benzene rings is 4. The summed E-state index contributed by atoms with van der Waals surface area (Å²) in [6, 6.07) is 16.1. The summed E-state index contributed by atoms with van der Waals surface area (Å²) in [5.74, 6) is 3.16. The molecule has 0 unspecified atom stereocenters. The second-order valence-corrected chi connectivity index (χ2v) is 16.1. The van der Waals surface area contributed by atoms with E-state index < -0.39 is 0 Å². The number of rotatable bonds is 4. The van der Waals surface area contributed by atoms with Crippen molar-refractivity contribution in [2.24, 2.45) is 0 Å². The van der Waals surface area contributed by atoms with Gasteiger partial charge in [0.2, 0.25) is 0 Å². The SMILES string of the molecule is CCCc1c2cc3c(cc2c(CCC)c2cc4c(cc12)OCCOCCOCCOc1nc2ccccc2nc1OCCOCCOCCO4)OCCOCCOCCOCCOCCOCCO3. The van der Waals surface area contributed by atoms with Crippen LogP contribution in [-0.2, 0) is 55.5 Å². The molecule has 0 N–H and O–H groups in total. The van der Waals surface area contributed by atoms with Crippen LogP contribution in [0.1, 0.15) is 37.8 Å². The third-order valence-electron chi connectivity index (χ3n) is 11.1. The number of hydrogen-bond donors (Lipinski definition) is 0. The normalized spacial score (nSPS) is 18.5. The third-order valence-corrected chi connectivity index (χ3v) is 11.1. The van der Waals surface area contributed by atoms with Crippen LogP contribution < -0.4 is 28.4 Å². The summed E-state index contributed by atoms with van der Waals surface area (Å²) >= 11 is 0. The van der Waals surface area contributed by atoms with Gasteiger partial charge < -0.3 is 71.1 Å². The van der Waals surface area contributed by atoms with E-state index in [0.717, 1.165) is 47.2 Å². The Kier molecular flexibility index (Phi) is 22.6. The Morgan fingerprint density at radius 2 is 0.551 bits per heavy atom. The van der Waals surface area contributed by atoms with Crippen LogP contribution in [0.5, 0.6) is 34.8 Å². The molecule has 0 spiro atoms. The quantitative estimate of drug-likeness (QED) is 0.169. The van der Waals surface area contributed by atoms with Gasteiger partial charge in [0.25, 0.3) is 11.8 Å². The molecule has 0 saturated carbocycles. The topological polar surface area (TPSA) is 164 Å². The number of hydrogen-bond acceptors (Lipinski definition) is 17. The van der Waals surface area contributed by atoms with Gasteiger partial charge in [-0.05, 0) is 81.9 Å². The van der Waals surface area contributed by atoms with Gasteiger partial charge in [-0.25, -0.2) is 9.97 Å². The molecular weight excluding hydrogens is 893 g/mol. The summed E-state index contributed by atoms with van der Waals surface area (Å²) in [6.45, 7) is 13.7. The Morgan fingerprint density at radius 3 is 0.797 bits per heavy atom. The molecule has 378 valence electrons. The molecule has 2 aliphatic rings. The molecule has 2 aliphatic heterocycles. The summed E-state index contributed by atoms with van der Waals surface area (Å²) < 4.78 is 89.9. The van der Waals surface area contributed by atoms with Crippen LogP contribution in [-0.4, -0.2) is 169 Å². The van der Waals surface area contributed by atoms with Crippen LogP contribution in [0.15, 0.2) is 48.5 Å². The monoisotopic (exact) mass is 962 g/mol. The second-order valence-electron chi connectivity index (χ2n) is 16.1. The average molecular weight is 963 g/mol. The van der Waals surface area contributed by atoms with Gasteiger partial charge in [0.15, 0.2) is 23.0 Å². The zero-order chi connectivity index (χ0) is 47.6. The molecule has 0 radical (unpaired) electrons. The van der Waals surface area contributed by atoms with E-state index in [9.17, 15) is 0 Å². The minimum absolute atomic E-state index is 0.262. The van der Waals surface area contributed by atoms with Crippen molar-refractivity contribution in [2.45, 2.75) is 39.5 Å². The summed E-state index contributed by atoms with van der Waals surface area (Å²) in [5, 5.41) is 4.43. The smallest absolute Gasteiger partial charge is 0.278 e. The number of para-hydroxylation sites is 2. The van der Waals surface area contributed by atoms with Crippen LogP contribution in [0.3, 0.4) is 0 Å². The molecule has 17 nitrogen and oxygen atoms in total. The summed E-state index contributed by atoms with van der Waals surface area (Å²) in [5.41, 5.74) is 3.81. The Bertz CT molecular complexity index is 2130. The lowest BCUT2D eigenvalue weighted by molar-refractivity contribution is -0.0134. The predicted molar refractivity (Wildman–Crippen MR) is 259 cm³/mol. The number of ether oxygens (including phenoxy) is 15. The van der Waals surface area contributed by atoms with E-state index in [2.05, 4.69) is 48.1 Å². The van der Waals surface area contributed by atoms with Gasteiger partial charge in [0, 0.05) is 0 Å². The fourth-order valence-corrected chi connectivity index (χ4v) is 7.92. The van der Waals surface area contributed by atoms with Gasteiger partial charge in [0.1, 0.15) is 39.6 Å². The minimum Gasteiger partial charge on any atom is -0.487 e. The lowest BCUT2D eigenvalue weighted by Crippen LogP contribution is -2.16. The van der Waals surface area contributed by atoms with E-state index in [1.807, 2.05) is 24.3 Å². The molecule has 3 heterocycles. The van der Waals surface area contributed by atoms with E-state index in [4.69, 9.17) is 71.1 Å². The van der Waals surface area contributed by atoms with E-state index in [-0.39, 0.29) is 13.2 Å². The van der Waals surface area contributed by atoms with Crippen molar-refractivity contribution in [3.05, 3.63) is 59.7 Å². The number of aromatic nitrogens is 2. The van der Waals surface area contributed by atoms with Crippen molar-refractivity contribution in [3.8, 4) is 34.8 Å². The van der Waals surface area contributed by atoms with Crippen molar-refractivity contribution in [2.75, 3.05) is 159 Å². The summed E-state index contributed by atoms with van der Waals surface area (Å²) in [7, 11) is 0. The summed E-state index contributed by atoms with van der Waals surface area (Å²) in [4.78, 5) is 9.25. The highest BCUT2D eigenvalue weighted by atomic mass is 16.6. The first kappa shape index (κ1) is 52.0. The molecule has 4 aromatic carbocycles. The highest BCUT2D eigenvalue weighted by Gasteiger charge is 2.21. The van der Waals surface area contributed by atoms with Crippen molar-refractivity contribution in [3.63, 3.8) is 0 Å². The lowest BCUT2D eigenvalue weighted by atomic mass is 9.87. The Morgan fingerprint density at radius 1 is 0.319 bits per heavy atom. The molecule has 69 heavy (non-hydrogen) atoms. The number of nitrogens with zero attached hydrogens (tertiary/aromatic N) is 2. The molecule has 0 amide bonds. The maximum Gasteiger partial charge on any atom is 0.278 e. The van der Waals surface area contributed by atoms with Crippen molar-refractivity contribution >= 4 is 32.6 Å². The zero-order valence-electron chi connectivity index (χ0n) is 40.4. The molecule has 0 fully saturated rings. The van der Waals surface area contributed by atoms with Crippen LogP contribution in [0.25, 0.3) is 32.6 Å². The van der Waals surface area contributed by atoms with Gasteiger partial charge in [-0.1, -0.05) is 38.8 Å². The fourth-order valence-electron chi connectivity index (χ4n) is 7.92. The molecule has 5 aromatic rings. The van der Waals surface area contributed by atoms with Crippen molar-refractivity contribution in [1.82, 2.24) is 9.97 Å². The van der Waals surface area contributed by atoms with Crippen LogP contribution in [0.2, 0.25) is 0 Å². The van der Waals surface area contributed by atoms with Gasteiger partial charge in [-0.3, -0.25) is 0 Å². The van der Waals surface area contributed by atoms with Crippen molar-refractivity contribution < 1.29 is 71.1 Å². The van der Waals surface area contributed by atoms with E-state index in [1.165, 1.54) is 11.1 Å². The van der Waals surface area contributed by atoms with Crippen LogP contribution >= 0.6 is 0 Å². The minimum atomic E-state index is 0.262. The molecule has 0 bridgehead atoms. The first-order valence-electron chi connectivity index (χ1n) is 24.6. The average Bonchev–Trinajstić information content (AvgIpc) is 3.36. The number of fused-ring (bicyclic) bond motifs is 6. The number of aryl methyl sites for hydroxylation is 2. The largest absolute Gasteiger partial charge is 0.487 e. The molecule has 0 aliphatic carbocycles. The molecule has 17 heteroatoms.